The van der Waals surface area contributed by atoms with Crippen molar-refractivity contribution >= 4 is 56.6 Å². The van der Waals surface area contributed by atoms with Gasteiger partial charge in [-0.3, -0.25) is 9.59 Å². The first-order chi connectivity index (χ1) is 20.2. The fourth-order valence-corrected chi connectivity index (χ4v) is 6.79. The first-order valence-corrected chi connectivity index (χ1v) is 15.2. The Balaban J connectivity index is 1.50. The molecule has 0 saturated carbocycles. The van der Waals surface area contributed by atoms with E-state index >= 15 is 0 Å². The number of benzene rings is 2. The predicted molar refractivity (Wildman–Crippen MR) is 165 cm³/mol. The number of hydrogen-bond donors (Lipinski definition) is 1. The van der Waals surface area contributed by atoms with Gasteiger partial charge in [0.1, 0.15) is 10.7 Å². The highest BCUT2D eigenvalue weighted by Crippen LogP contribution is 2.39. The molecular formula is C32H31ClN2O6S. The molecule has 8 nitrogen and oxygen atoms in total. The highest BCUT2D eigenvalue weighted by molar-refractivity contribution is 7.17. The molecule has 2 heterocycles. The molecule has 42 heavy (non-hydrogen) atoms. The van der Waals surface area contributed by atoms with Crippen LogP contribution in [0, 0.1) is 0 Å². The summed E-state index contributed by atoms with van der Waals surface area (Å²) in [5.74, 6) is -1.85. The molecule has 10 heteroatoms. The van der Waals surface area contributed by atoms with E-state index in [0.29, 0.717) is 37.5 Å². The topological polar surface area (TPSA) is 104 Å². The maximum absolute atomic E-state index is 13.8. The molecule has 1 amide bonds. The summed E-state index contributed by atoms with van der Waals surface area (Å²) in [6.07, 6.45) is 2.54. The van der Waals surface area contributed by atoms with E-state index in [0.717, 1.165) is 36.1 Å². The SMILES string of the molecule is CCOC(=O)c1c(NC(=O)C(CC)OC(=O)c2c(-c3ccc(Cl)cc3)c3ccccc3c(=O)n2C)sc2c1CCCC2. The van der Waals surface area contributed by atoms with Gasteiger partial charge in [-0.05, 0) is 73.7 Å². The Morgan fingerprint density at radius 3 is 2.38 bits per heavy atom. The molecule has 2 aromatic heterocycles. The number of fused-ring (bicyclic) bond motifs is 2. The van der Waals surface area contributed by atoms with Crippen LogP contribution in [0.15, 0.2) is 53.3 Å². The molecule has 1 aliphatic rings. The van der Waals surface area contributed by atoms with Crippen LogP contribution in [-0.4, -0.2) is 35.1 Å². The molecule has 1 atom stereocenters. The number of nitrogens with one attached hydrogen (secondary N) is 1. The predicted octanol–water partition coefficient (Wildman–Crippen LogP) is 6.55. The number of nitrogens with zero attached hydrogens (tertiary/aromatic N) is 1. The van der Waals surface area contributed by atoms with Crippen molar-refractivity contribution in [3.63, 3.8) is 0 Å². The van der Waals surface area contributed by atoms with Gasteiger partial charge in [0.25, 0.3) is 11.5 Å². The Morgan fingerprint density at radius 2 is 1.69 bits per heavy atom. The van der Waals surface area contributed by atoms with Gasteiger partial charge in [0.05, 0.1) is 12.2 Å². The smallest absolute Gasteiger partial charge is 0.356 e. The summed E-state index contributed by atoms with van der Waals surface area (Å²) in [4.78, 5) is 54.5. The fourth-order valence-electron chi connectivity index (χ4n) is 5.39. The van der Waals surface area contributed by atoms with Crippen LogP contribution in [0.3, 0.4) is 0 Å². The van der Waals surface area contributed by atoms with Crippen molar-refractivity contribution in [2.24, 2.45) is 7.05 Å². The second-order valence-corrected chi connectivity index (χ2v) is 11.6. The van der Waals surface area contributed by atoms with Crippen molar-refractivity contribution in [1.82, 2.24) is 4.57 Å². The number of hydrogen-bond acceptors (Lipinski definition) is 7. The highest BCUT2D eigenvalue weighted by Gasteiger charge is 2.31. The van der Waals surface area contributed by atoms with Gasteiger partial charge in [-0.2, -0.15) is 0 Å². The number of pyridine rings is 1. The lowest BCUT2D eigenvalue weighted by atomic mass is 9.95. The van der Waals surface area contributed by atoms with Gasteiger partial charge in [0.15, 0.2) is 6.10 Å². The summed E-state index contributed by atoms with van der Waals surface area (Å²) >= 11 is 7.49. The third kappa shape index (κ3) is 5.58. The van der Waals surface area contributed by atoms with Crippen molar-refractivity contribution in [2.45, 2.75) is 52.1 Å². The van der Waals surface area contributed by atoms with Gasteiger partial charge < -0.3 is 19.4 Å². The molecule has 0 bridgehead atoms. The van der Waals surface area contributed by atoms with Crippen LogP contribution >= 0.6 is 22.9 Å². The minimum absolute atomic E-state index is 0.0195. The Morgan fingerprint density at radius 1 is 1.00 bits per heavy atom. The van der Waals surface area contributed by atoms with Gasteiger partial charge in [0, 0.05) is 27.9 Å². The number of esters is 2. The molecule has 218 valence electrons. The first kappa shape index (κ1) is 29.5. The number of aryl methyl sites for hydroxylation is 1. The number of halogens is 1. The van der Waals surface area contributed by atoms with Crippen molar-refractivity contribution in [1.29, 1.82) is 0 Å². The van der Waals surface area contributed by atoms with E-state index in [9.17, 15) is 19.2 Å². The zero-order chi connectivity index (χ0) is 30.0. The normalized spacial score (nSPS) is 13.3. The van der Waals surface area contributed by atoms with Crippen molar-refractivity contribution < 1.29 is 23.9 Å². The number of rotatable bonds is 8. The van der Waals surface area contributed by atoms with Crippen LogP contribution in [0.2, 0.25) is 5.02 Å². The minimum Gasteiger partial charge on any atom is -0.462 e. The van der Waals surface area contributed by atoms with Crippen LogP contribution in [0.25, 0.3) is 21.9 Å². The molecule has 1 aliphatic carbocycles. The molecule has 4 aromatic rings. The molecule has 0 spiro atoms. The van der Waals surface area contributed by atoms with E-state index in [2.05, 4.69) is 5.32 Å². The number of carbonyl (C=O) groups excluding carboxylic acids is 3. The van der Waals surface area contributed by atoms with Crippen molar-refractivity contribution in [2.75, 3.05) is 11.9 Å². The highest BCUT2D eigenvalue weighted by atomic mass is 35.5. The summed E-state index contributed by atoms with van der Waals surface area (Å²) < 4.78 is 12.3. The van der Waals surface area contributed by atoms with Crippen molar-refractivity contribution in [3.8, 4) is 11.1 Å². The molecule has 2 aromatic carbocycles. The van der Waals surface area contributed by atoms with Crippen molar-refractivity contribution in [3.05, 3.63) is 85.6 Å². The van der Waals surface area contributed by atoms with Gasteiger partial charge in [-0.25, -0.2) is 9.59 Å². The van der Waals surface area contributed by atoms with Gasteiger partial charge in [0.2, 0.25) is 0 Å². The Kier molecular flexibility index (Phi) is 8.80. The average Bonchev–Trinajstić information content (AvgIpc) is 3.36. The zero-order valence-corrected chi connectivity index (χ0v) is 25.2. The monoisotopic (exact) mass is 606 g/mol. The fraction of sp³-hybridized carbons (Fsp3) is 0.312. The summed E-state index contributed by atoms with van der Waals surface area (Å²) in [6, 6.07) is 14.0. The Labute approximate surface area is 252 Å². The van der Waals surface area contributed by atoms with E-state index in [1.807, 2.05) is 0 Å². The summed E-state index contributed by atoms with van der Waals surface area (Å²) in [6.45, 7) is 3.68. The lowest BCUT2D eigenvalue weighted by Crippen LogP contribution is -2.34. The Bertz CT molecular complexity index is 1740. The second-order valence-electron chi connectivity index (χ2n) is 10.1. The third-order valence-corrected chi connectivity index (χ3v) is 8.89. The van der Waals surface area contributed by atoms with Crippen LogP contribution < -0.4 is 10.9 Å². The van der Waals surface area contributed by atoms with Crippen LogP contribution in [0.5, 0.6) is 0 Å². The second kappa shape index (κ2) is 12.5. The molecule has 1 unspecified atom stereocenters. The summed E-state index contributed by atoms with van der Waals surface area (Å²) in [7, 11) is 1.51. The minimum atomic E-state index is -1.17. The number of anilines is 1. The first-order valence-electron chi connectivity index (χ1n) is 14.0. The number of aromatic nitrogens is 1. The standard InChI is InChI=1S/C32H31ClN2O6S/c1-4-23(28(36)34-29-26(31(38)40-5-2)22-12-8-9-13-24(22)42-29)41-32(39)27-25(18-14-16-19(33)17-15-18)20-10-6-7-11-21(20)30(37)35(27)3/h6-7,10-11,14-17,23H,4-5,8-9,12-13H2,1-3H3,(H,34,36). The summed E-state index contributed by atoms with van der Waals surface area (Å²) in [5.41, 5.74) is 2.12. The van der Waals surface area contributed by atoms with Gasteiger partial charge in [-0.15, -0.1) is 11.3 Å². The lowest BCUT2D eigenvalue weighted by Gasteiger charge is -2.20. The molecule has 5 rings (SSSR count). The molecule has 0 fully saturated rings. The van der Waals surface area contributed by atoms with E-state index in [1.54, 1.807) is 62.4 Å². The van der Waals surface area contributed by atoms with Crippen LogP contribution in [0.4, 0.5) is 5.00 Å². The lowest BCUT2D eigenvalue weighted by molar-refractivity contribution is -0.124. The number of amides is 1. The zero-order valence-electron chi connectivity index (χ0n) is 23.6. The summed E-state index contributed by atoms with van der Waals surface area (Å²) in [5, 5.41) is 4.79. The third-order valence-electron chi connectivity index (χ3n) is 7.43. The van der Waals surface area contributed by atoms with Crippen LogP contribution in [0.1, 0.15) is 64.4 Å². The van der Waals surface area contributed by atoms with E-state index < -0.39 is 23.9 Å². The molecule has 0 saturated heterocycles. The maximum atomic E-state index is 13.8. The van der Waals surface area contributed by atoms with Crippen LogP contribution in [-0.2, 0) is 34.2 Å². The number of ether oxygens (including phenoxy) is 2. The van der Waals surface area contributed by atoms with Gasteiger partial charge in [-0.1, -0.05) is 48.9 Å². The van der Waals surface area contributed by atoms with Gasteiger partial charge >= 0.3 is 11.9 Å². The van der Waals surface area contributed by atoms with E-state index in [-0.39, 0.29) is 24.3 Å². The molecular weight excluding hydrogens is 576 g/mol. The molecule has 0 radical (unpaired) electrons. The van der Waals surface area contributed by atoms with E-state index in [1.165, 1.54) is 23.0 Å². The number of carbonyl (C=O) groups is 3. The maximum Gasteiger partial charge on any atom is 0.356 e. The average molecular weight is 607 g/mol. The molecule has 1 N–H and O–H groups in total. The quantitative estimate of drug-likeness (QED) is 0.228. The van der Waals surface area contributed by atoms with E-state index in [4.69, 9.17) is 21.1 Å². The largest absolute Gasteiger partial charge is 0.462 e. The molecule has 0 aliphatic heterocycles. The Hall–Kier alpha value is -3.95. The number of thiophene rings is 1.